The molecule has 1 atom stereocenters. The van der Waals surface area contributed by atoms with Crippen LogP contribution >= 0.6 is 0 Å². The molecule has 1 aliphatic heterocycles. The minimum absolute atomic E-state index is 0.0226. The smallest absolute Gasteiger partial charge is 0.335 e. The molecule has 1 aromatic heterocycles. The number of carbonyl (C=O) groups is 2. The summed E-state index contributed by atoms with van der Waals surface area (Å²) in [6, 6.07) is 22.1. The summed E-state index contributed by atoms with van der Waals surface area (Å²) >= 11 is 0. The van der Waals surface area contributed by atoms with Crippen molar-refractivity contribution in [2.45, 2.75) is 32.9 Å². The third-order valence-electron chi connectivity index (χ3n) is 6.79. The van der Waals surface area contributed by atoms with E-state index in [4.69, 9.17) is 14.6 Å². The number of aromatic carboxylic acids is 1. The van der Waals surface area contributed by atoms with Gasteiger partial charge in [0.2, 0.25) is 0 Å². The number of benzene rings is 3. The Morgan fingerprint density at radius 2 is 1.79 bits per heavy atom. The van der Waals surface area contributed by atoms with Crippen molar-refractivity contribution in [3.63, 3.8) is 0 Å². The fraction of sp³-hybridized carbons (Fsp3) is 0.267. The average molecular weight is 514 g/mol. The zero-order valence-electron chi connectivity index (χ0n) is 21.5. The summed E-state index contributed by atoms with van der Waals surface area (Å²) in [5, 5.41) is 13.0. The predicted molar refractivity (Wildman–Crippen MR) is 148 cm³/mol. The summed E-state index contributed by atoms with van der Waals surface area (Å²) in [7, 11) is 0. The van der Waals surface area contributed by atoms with Crippen molar-refractivity contribution >= 4 is 34.2 Å². The molecule has 0 radical (unpaired) electrons. The number of carboxylic acid groups (broad SMARTS) is 1. The number of fused-ring (bicyclic) bond motifs is 1. The Balaban J connectivity index is 1.22. The summed E-state index contributed by atoms with van der Waals surface area (Å²) in [6.45, 7) is 6.74. The van der Waals surface area contributed by atoms with Crippen molar-refractivity contribution in [2.75, 3.05) is 29.9 Å². The van der Waals surface area contributed by atoms with Gasteiger partial charge in [-0.3, -0.25) is 4.79 Å². The van der Waals surface area contributed by atoms with Gasteiger partial charge in [0, 0.05) is 36.3 Å². The van der Waals surface area contributed by atoms with Gasteiger partial charge in [0.05, 0.1) is 24.2 Å². The second-order valence-corrected chi connectivity index (χ2v) is 9.20. The number of ether oxygens (including phenoxy) is 2. The van der Waals surface area contributed by atoms with E-state index in [-0.39, 0.29) is 17.6 Å². The maximum Gasteiger partial charge on any atom is 0.335 e. The zero-order valence-corrected chi connectivity index (χ0v) is 21.5. The van der Waals surface area contributed by atoms with E-state index in [1.807, 2.05) is 79.1 Å². The molecular weight excluding hydrogens is 482 g/mol. The Morgan fingerprint density at radius 1 is 1.03 bits per heavy atom. The molecule has 0 spiro atoms. The number of nitrogens with one attached hydrogen (secondary N) is 1. The molecule has 2 N–H and O–H groups in total. The van der Waals surface area contributed by atoms with Gasteiger partial charge < -0.3 is 29.4 Å². The molecule has 1 amide bonds. The number of anilines is 2. The Kier molecular flexibility index (Phi) is 7.22. The lowest BCUT2D eigenvalue weighted by molar-refractivity contribution is 0.0696. The van der Waals surface area contributed by atoms with E-state index in [0.29, 0.717) is 24.5 Å². The van der Waals surface area contributed by atoms with Crippen molar-refractivity contribution in [1.29, 1.82) is 0 Å². The third-order valence-corrected chi connectivity index (χ3v) is 6.79. The predicted octanol–water partition coefficient (Wildman–Crippen LogP) is 5.67. The molecule has 1 aliphatic rings. The SMILES string of the molecule is CCOc1cccc2c1cc(C(=O)Nc1ccc(O[C@H]3CCN(c4ccc(C(=O)O)cc4)C3)cc1)n2CC. The molecule has 4 aromatic rings. The van der Waals surface area contributed by atoms with Crippen LogP contribution in [0.15, 0.2) is 72.8 Å². The monoisotopic (exact) mass is 513 g/mol. The highest BCUT2D eigenvalue weighted by molar-refractivity contribution is 6.07. The van der Waals surface area contributed by atoms with Gasteiger partial charge in [0.1, 0.15) is 23.3 Å². The van der Waals surface area contributed by atoms with Gasteiger partial charge in [0.25, 0.3) is 5.91 Å². The van der Waals surface area contributed by atoms with Gasteiger partial charge in [-0.15, -0.1) is 0 Å². The Labute approximate surface area is 221 Å². The lowest BCUT2D eigenvalue weighted by Crippen LogP contribution is -2.24. The van der Waals surface area contributed by atoms with E-state index in [0.717, 1.165) is 47.6 Å². The molecule has 0 aliphatic carbocycles. The van der Waals surface area contributed by atoms with Crippen molar-refractivity contribution in [3.8, 4) is 11.5 Å². The fourth-order valence-corrected chi connectivity index (χ4v) is 4.95. The highest BCUT2D eigenvalue weighted by Crippen LogP contribution is 2.30. The largest absolute Gasteiger partial charge is 0.493 e. The second kappa shape index (κ2) is 10.9. The Hall–Kier alpha value is -4.46. The maximum absolute atomic E-state index is 13.2. The van der Waals surface area contributed by atoms with Crippen molar-refractivity contribution in [2.24, 2.45) is 0 Å². The molecule has 8 heteroatoms. The number of aryl methyl sites for hydroxylation is 1. The van der Waals surface area contributed by atoms with Gasteiger partial charge in [-0.1, -0.05) is 6.07 Å². The van der Waals surface area contributed by atoms with E-state index in [9.17, 15) is 9.59 Å². The normalized spacial score (nSPS) is 15.0. The third kappa shape index (κ3) is 5.16. The van der Waals surface area contributed by atoms with E-state index in [1.165, 1.54) is 0 Å². The minimum Gasteiger partial charge on any atom is -0.493 e. The number of carbonyl (C=O) groups excluding carboxylic acids is 1. The Morgan fingerprint density at radius 3 is 2.47 bits per heavy atom. The van der Waals surface area contributed by atoms with Crippen LogP contribution in [0.4, 0.5) is 11.4 Å². The van der Waals surface area contributed by atoms with Crippen LogP contribution in [0, 0.1) is 0 Å². The number of carboxylic acids is 1. The first kappa shape index (κ1) is 25.2. The molecule has 3 aromatic carbocycles. The first-order valence-corrected chi connectivity index (χ1v) is 12.9. The fourth-order valence-electron chi connectivity index (χ4n) is 4.95. The molecule has 5 rings (SSSR count). The van der Waals surface area contributed by atoms with Crippen LogP contribution in [-0.4, -0.2) is 47.4 Å². The highest BCUT2D eigenvalue weighted by atomic mass is 16.5. The zero-order chi connectivity index (χ0) is 26.6. The van der Waals surface area contributed by atoms with Crippen LogP contribution in [0.2, 0.25) is 0 Å². The van der Waals surface area contributed by atoms with E-state index in [1.54, 1.807) is 12.1 Å². The molecule has 38 heavy (non-hydrogen) atoms. The summed E-state index contributed by atoms with van der Waals surface area (Å²) in [6.07, 6.45) is 0.888. The van der Waals surface area contributed by atoms with Crippen molar-refractivity contribution < 1.29 is 24.2 Å². The van der Waals surface area contributed by atoms with Gasteiger partial charge in [0.15, 0.2) is 0 Å². The number of hydrogen-bond donors (Lipinski definition) is 2. The molecule has 0 bridgehead atoms. The summed E-state index contributed by atoms with van der Waals surface area (Å²) in [5.74, 6) is 0.400. The molecule has 1 fully saturated rings. The average Bonchev–Trinajstić information content (AvgIpc) is 3.55. The van der Waals surface area contributed by atoms with Crippen LogP contribution in [0.3, 0.4) is 0 Å². The summed E-state index contributed by atoms with van der Waals surface area (Å²) in [4.78, 5) is 26.5. The van der Waals surface area contributed by atoms with Crippen molar-refractivity contribution in [1.82, 2.24) is 4.57 Å². The van der Waals surface area contributed by atoms with E-state index in [2.05, 4.69) is 10.2 Å². The molecule has 2 heterocycles. The van der Waals surface area contributed by atoms with Gasteiger partial charge >= 0.3 is 5.97 Å². The molecular formula is C30H31N3O5. The van der Waals surface area contributed by atoms with Crippen LogP contribution in [0.25, 0.3) is 10.9 Å². The standard InChI is InChI=1S/C30H31N3O5/c1-3-33-26-6-5-7-28(37-4-2)25(26)18-27(33)29(34)31-21-10-14-23(15-11-21)38-24-16-17-32(19-24)22-12-8-20(9-13-22)30(35)36/h5-15,18,24H,3-4,16-17,19H2,1-2H3,(H,31,34)(H,35,36)/t24-/m0/s1. The molecule has 1 saturated heterocycles. The molecule has 196 valence electrons. The maximum atomic E-state index is 13.2. The first-order chi connectivity index (χ1) is 18.5. The van der Waals surface area contributed by atoms with Crippen LogP contribution in [0.5, 0.6) is 11.5 Å². The minimum atomic E-state index is -0.928. The number of rotatable bonds is 9. The summed E-state index contributed by atoms with van der Waals surface area (Å²) < 4.78 is 13.9. The number of hydrogen-bond acceptors (Lipinski definition) is 5. The molecule has 8 nitrogen and oxygen atoms in total. The lowest BCUT2D eigenvalue weighted by atomic mass is 10.2. The van der Waals surface area contributed by atoms with Gasteiger partial charge in [-0.2, -0.15) is 0 Å². The molecule has 0 saturated carbocycles. The topological polar surface area (TPSA) is 93.0 Å². The van der Waals surface area contributed by atoms with Gasteiger partial charge in [-0.05, 0) is 80.6 Å². The van der Waals surface area contributed by atoms with Crippen LogP contribution in [-0.2, 0) is 6.54 Å². The number of amides is 1. The number of nitrogens with zero attached hydrogens (tertiary/aromatic N) is 2. The quantitative estimate of drug-likeness (QED) is 0.300. The van der Waals surface area contributed by atoms with Gasteiger partial charge in [-0.25, -0.2) is 4.79 Å². The van der Waals surface area contributed by atoms with Crippen molar-refractivity contribution in [3.05, 3.63) is 84.1 Å². The highest BCUT2D eigenvalue weighted by Gasteiger charge is 2.24. The summed E-state index contributed by atoms with van der Waals surface area (Å²) in [5.41, 5.74) is 3.50. The van der Waals surface area contributed by atoms with Crippen LogP contribution < -0.4 is 19.7 Å². The lowest BCUT2D eigenvalue weighted by Gasteiger charge is -2.19. The molecule has 0 unspecified atom stereocenters. The first-order valence-electron chi connectivity index (χ1n) is 12.9. The second-order valence-electron chi connectivity index (χ2n) is 9.20. The van der Waals surface area contributed by atoms with E-state index < -0.39 is 5.97 Å². The van der Waals surface area contributed by atoms with Crippen LogP contribution in [0.1, 0.15) is 41.1 Å². The van der Waals surface area contributed by atoms with E-state index >= 15 is 0 Å². The number of aromatic nitrogens is 1. The Bertz CT molecular complexity index is 1440.